The normalized spacial score (nSPS) is 12.0. The molecule has 0 aliphatic carbocycles. The van der Waals surface area contributed by atoms with Crippen LogP contribution >= 0.6 is 11.8 Å². The lowest BCUT2D eigenvalue weighted by atomic mass is 10.1. The first-order valence-corrected chi connectivity index (χ1v) is 11.0. The van der Waals surface area contributed by atoms with E-state index in [1.807, 2.05) is 56.3 Å². The third kappa shape index (κ3) is 4.91. The standard InChI is InChI=1S/C25H24N2O3S/c1-17-11-12-19(18(2)15-17)26-24(28)16-30-25(29)13-14-27-20-7-3-5-9-22(20)31-23-10-6-4-8-21(23)27/h3-12,15H,13-14,16H2,1-2H3,(H,26,28). The zero-order valence-corrected chi connectivity index (χ0v) is 18.4. The number of ether oxygens (including phenoxy) is 1. The molecule has 0 saturated heterocycles. The highest BCUT2D eigenvalue weighted by Crippen LogP contribution is 2.47. The highest BCUT2D eigenvalue weighted by molar-refractivity contribution is 7.99. The largest absolute Gasteiger partial charge is 0.456 e. The van der Waals surface area contributed by atoms with Gasteiger partial charge in [-0.2, -0.15) is 0 Å². The molecule has 0 atom stereocenters. The number of hydrogen-bond donors (Lipinski definition) is 1. The molecule has 1 aliphatic rings. The fraction of sp³-hybridized carbons (Fsp3) is 0.200. The number of fused-ring (bicyclic) bond motifs is 2. The van der Waals surface area contributed by atoms with Crippen molar-refractivity contribution in [1.82, 2.24) is 0 Å². The van der Waals surface area contributed by atoms with E-state index in [4.69, 9.17) is 4.74 Å². The van der Waals surface area contributed by atoms with Crippen molar-refractivity contribution in [2.45, 2.75) is 30.1 Å². The summed E-state index contributed by atoms with van der Waals surface area (Å²) in [5.41, 5.74) is 4.98. The number of amides is 1. The maximum atomic E-state index is 12.3. The van der Waals surface area contributed by atoms with Gasteiger partial charge >= 0.3 is 5.97 Å². The molecule has 6 heteroatoms. The fourth-order valence-corrected chi connectivity index (χ4v) is 4.68. The van der Waals surface area contributed by atoms with E-state index in [1.54, 1.807) is 11.8 Å². The number of esters is 1. The van der Waals surface area contributed by atoms with Gasteiger partial charge in [-0.15, -0.1) is 0 Å². The zero-order valence-electron chi connectivity index (χ0n) is 17.6. The minimum absolute atomic E-state index is 0.185. The zero-order chi connectivity index (χ0) is 21.8. The Bertz CT molecular complexity index is 1080. The smallest absolute Gasteiger partial charge is 0.308 e. The number of nitrogens with one attached hydrogen (secondary N) is 1. The quantitative estimate of drug-likeness (QED) is 0.523. The first-order chi connectivity index (χ1) is 15.0. The molecule has 158 valence electrons. The molecule has 31 heavy (non-hydrogen) atoms. The Morgan fingerprint density at radius 3 is 2.23 bits per heavy atom. The van der Waals surface area contributed by atoms with Gasteiger partial charge in [0.15, 0.2) is 6.61 Å². The average molecular weight is 433 g/mol. The number of aryl methyl sites for hydroxylation is 2. The number of hydrogen-bond acceptors (Lipinski definition) is 5. The minimum Gasteiger partial charge on any atom is -0.456 e. The predicted octanol–water partition coefficient (Wildman–Crippen LogP) is 5.48. The van der Waals surface area contributed by atoms with Crippen LogP contribution in [-0.4, -0.2) is 25.0 Å². The van der Waals surface area contributed by atoms with Gasteiger partial charge in [-0.25, -0.2) is 0 Å². The third-order valence-electron chi connectivity index (χ3n) is 5.09. The molecular weight excluding hydrogens is 408 g/mol. The maximum absolute atomic E-state index is 12.3. The van der Waals surface area contributed by atoms with Crippen LogP contribution in [-0.2, 0) is 14.3 Å². The second-order valence-corrected chi connectivity index (χ2v) is 8.55. The molecule has 3 aromatic carbocycles. The summed E-state index contributed by atoms with van der Waals surface area (Å²) in [6.07, 6.45) is 0.185. The molecule has 3 aromatic rings. The van der Waals surface area contributed by atoms with Crippen LogP contribution in [0.25, 0.3) is 0 Å². The molecule has 0 radical (unpaired) electrons. The Morgan fingerprint density at radius 1 is 0.935 bits per heavy atom. The summed E-state index contributed by atoms with van der Waals surface area (Å²) in [5, 5.41) is 2.79. The lowest BCUT2D eigenvalue weighted by molar-refractivity contribution is -0.147. The summed E-state index contributed by atoms with van der Waals surface area (Å²) < 4.78 is 5.22. The molecule has 0 unspecified atom stereocenters. The van der Waals surface area contributed by atoms with Gasteiger partial charge in [0.1, 0.15) is 0 Å². The summed E-state index contributed by atoms with van der Waals surface area (Å²) in [5.74, 6) is -0.741. The summed E-state index contributed by atoms with van der Waals surface area (Å²) in [7, 11) is 0. The topological polar surface area (TPSA) is 58.6 Å². The van der Waals surface area contributed by atoms with Gasteiger partial charge in [-0.3, -0.25) is 9.59 Å². The third-order valence-corrected chi connectivity index (χ3v) is 6.22. The number of carbonyl (C=O) groups excluding carboxylic acids is 2. The van der Waals surface area contributed by atoms with Crippen molar-refractivity contribution < 1.29 is 14.3 Å². The lowest BCUT2D eigenvalue weighted by Crippen LogP contribution is -2.26. The molecule has 1 aliphatic heterocycles. The van der Waals surface area contributed by atoms with E-state index in [2.05, 4.69) is 34.5 Å². The Balaban J connectivity index is 1.34. The molecule has 1 N–H and O–H groups in total. The SMILES string of the molecule is Cc1ccc(NC(=O)COC(=O)CCN2c3ccccc3Sc3ccccc32)c(C)c1. The molecule has 4 rings (SSSR count). The summed E-state index contributed by atoms with van der Waals surface area (Å²) >= 11 is 1.73. The molecule has 0 fully saturated rings. The van der Waals surface area contributed by atoms with Gasteiger partial charge in [-0.05, 0) is 49.7 Å². The van der Waals surface area contributed by atoms with Gasteiger partial charge < -0.3 is 15.0 Å². The van der Waals surface area contributed by atoms with Crippen LogP contribution in [0.15, 0.2) is 76.5 Å². The second-order valence-electron chi connectivity index (χ2n) is 7.47. The first kappa shape index (κ1) is 21.0. The molecule has 0 aromatic heterocycles. The highest BCUT2D eigenvalue weighted by Gasteiger charge is 2.23. The van der Waals surface area contributed by atoms with Gasteiger partial charge in [-0.1, -0.05) is 53.7 Å². The summed E-state index contributed by atoms with van der Waals surface area (Å²) in [4.78, 5) is 29.0. The molecule has 1 amide bonds. The van der Waals surface area contributed by atoms with Crippen molar-refractivity contribution in [3.05, 3.63) is 77.9 Å². The van der Waals surface area contributed by atoms with Crippen LogP contribution in [0.2, 0.25) is 0 Å². The average Bonchev–Trinajstić information content (AvgIpc) is 2.77. The van der Waals surface area contributed by atoms with Crippen LogP contribution < -0.4 is 10.2 Å². The number of anilines is 3. The van der Waals surface area contributed by atoms with Crippen LogP contribution in [0.3, 0.4) is 0 Å². The van der Waals surface area contributed by atoms with Crippen molar-refractivity contribution in [1.29, 1.82) is 0 Å². The molecule has 0 saturated carbocycles. The number of para-hydroxylation sites is 2. The van der Waals surface area contributed by atoms with E-state index in [1.165, 1.54) is 0 Å². The number of benzene rings is 3. The first-order valence-electron chi connectivity index (χ1n) is 10.2. The summed E-state index contributed by atoms with van der Waals surface area (Å²) in [6.45, 7) is 4.11. The van der Waals surface area contributed by atoms with Crippen molar-refractivity contribution in [2.24, 2.45) is 0 Å². The fourth-order valence-electron chi connectivity index (χ4n) is 3.58. The van der Waals surface area contributed by atoms with Crippen molar-refractivity contribution in [2.75, 3.05) is 23.4 Å². The highest BCUT2D eigenvalue weighted by atomic mass is 32.2. The Labute approximate surface area is 186 Å². The van der Waals surface area contributed by atoms with Crippen LogP contribution in [0, 0.1) is 13.8 Å². The number of nitrogens with zero attached hydrogens (tertiary/aromatic N) is 1. The van der Waals surface area contributed by atoms with E-state index < -0.39 is 5.97 Å². The van der Waals surface area contributed by atoms with Crippen LogP contribution in [0.1, 0.15) is 17.5 Å². The van der Waals surface area contributed by atoms with E-state index >= 15 is 0 Å². The van der Waals surface area contributed by atoms with E-state index in [9.17, 15) is 9.59 Å². The van der Waals surface area contributed by atoms with Crippen molar-refractivity contribution >= 4 is 40.7 Å². The van der Waals surface area contributed by atoms with Crippen LogP contribution in [0.4, 0.5) is 17.1 Å². The predicted molar refractivity (Wildman–Crippen MR) is 124 cm³/mol. The molecule has 0 bridgehead atoms. The Hall–Kier alpha value is -3.25. The maximum Gasteiger partial charge on any atom is 0.308 e. The molecule has 5 nitrogen and oxygen atoms in total. The molecular formula is C25H24N2O3S. The van der Waals surface area contributed by atoms with E-state index in [0.29, 0.717) is 6.54 Å². The van der Waals surface area contributed by atoms with Gasteiger partial charge in [0.25, 0.3) is 5.91 Å². The number of rotatable bonds is 6. The van der Waals surface area contributed by atoms with Gasteiger partial charge in [0.05, 0.1) is 17.8 Å². The Morgan fingerprint density at radius 2 is 1.58 bits per heavy atom. The van der Waals surface area contributed by atoms with Gasteiger partial charge in [0, 0.05) is 22.0 Å². The Kier molecular flexibility index (Phi) is 6.28. The minimum atomic E-state index is -0.399. The van der Waals surface area contributed by atoms with E-state index in [-0.39, 0.29) is 18.9 Å². The van der Waals surface area contributed by atoms with Crippen LogP contribution in [0.5, 0.6) is 0 Å². The van der Waals surface area contributed by atoms with Crippen molar-refractivity contribution in [3.8, 4) is 0 Å². The molecule has 1 heterocycles. The second kappa shape index (κ2) is 9.27. The van der Waals surface area contributed by atoms with Gasteiger partial charge in [0.2, 0.25) is 0 Å². The number of carbonyl (C=O) groups is 2. The summed E-state index contributed by atoms with van der Waals surface area (Å²) in [6, 6.07) is 22.1. The van der Waals surface area contributed by atoms with E-state index in [0.717, 1.165) is 38.0 Å². The lowest BCUT2D eigenvalue weighted by Gasteiger charge is -2.32. The van der Waals surface area contributed by atoms with Crippen molar-refractivity contribution in [3.63, 3.8) is 0 Å². The monoisotopic (exact) mass is 432 g/mol. The molecule has 0 spiro atoms.